The summed E-state index contributed by atoms with van der Waals surface area (Å²) in [7, 11) is -4.07. The zero-order valence-corrected chi connectivity index (χ0v) is 14.9. The smallest absolute Gasteiger partial charge is 0.306 e. The molecule has 0 fully saturated rings. The molecule has 2 rings (SSSR count). The fraction of sp³-hybridized carbons (Fsp3) is 0.250. The summed E-state index contributed by atoms with van der Waals surface area (Å²) in [5, 5.41) is 10.8. The molecule has 0 aliphatic rings. The molecule has 8 nitrogen and oxygen atoms in total. The molecule has 0 amide bonds. The molecular formula is C16H17FN2O6S. The Kier molecular flexibility index (Phi) is 5.98. The summed E-state index contributed by atoms with van der Waals surface area (Å²) < 4.78 is 51.4. The Morgan fingerprint density at radius 3 is 2.35 bits per heavy atom. The summed E-state index contributed by atoms with van der Waals surface area (Å²) in [6, 6.07) is 6.78. The first-order chi connectivity index (χ1) is 12.3. The molecule has 140 valence electrons. The number of sulfonamides is 1. The van der Waals surface area contributed by atoms with Crippen LogP contribution in [0, 0.1) is 15.9 Å². The molecule has 0 aliphatic heterocycles. The summed E-state index contributed by atoms with van der Waals surface area (Å²) in [5.41, 5.74) is -0.961. The van der Waals surface area contributed by atoms with E-state index < -0.39 is 26.5 Å². The molecule has 0 bridgehead atoms. The number of rotatable bonds is 8. The molecule has 0 atom stereocenters. The number of nitrogens with zero attached hydrogens (tertiary/aromatic N) is 1. The van der Waals surface area contributed by atoms with E-state index in [1.807, 2.05) is 0 Å². The van der Waals surface area contributed by atoms with Crippen LogP contribution in [0.15, 0.2) is 41.3 Å². The third kappa shape index (κ3) is 4.39. The Balaban J connectivity index is 2.37. The molecule has 1 N–H and O–H groups in total. The Hall–Kier alpha value is -2.88. The zero-order chi connectivity index (χ0) is 19.3. The fourth-order valence-corrected chi connectivity index (χ4v) is 3.19. The average molecular weight is 384 g/mol. The second-order valence-corrected chi connectivity index (χ2v) is 6.69. The molecule has 0 aliphatic carbocycles. The van der Waals surface area contributed by atoms with Crippen molar-refractivity contribution in [2.24, 2.45) is 0 Å². The predicted molar refractivity (Wildman–Crippen MR) is 92.6 cm³/mol. The number of hydrogen-bond donors (Lipinski definition) is 1. The van der Waals surface area contributed by atoms with Crippen LogP contribution in [0.4, 0.5) is 15.8 Å². The molecule has 0 radical (unpaired) electrons. The highest BCUT2D eigenvalue weighted by atomic mass is 32.2. The van der Waals surface area contributed by atoms with Gasteiger partial charge in [0.2, 0.25) is 5.82 Å². The second-order valence-electron chi connectivity index (χ2n) is 5.00. The van der Waals surface area contributed by atoms with Gasteiger partial charge in [-0.3, -0.25) is 14.8 Å². The third-order valence-electron chi connectivity index (χ3n) is 3.22. The lowest BCUT2D eigenvalue weighted by Gasteiger charge is -2.13. The maximum absolute atomic E-state index is 13.4. The number of hydrogen-bond acceptors (Lipinski definition) is 6. The normalized spacial score (nSPS) is 11.0. The highest BCUT2D eigenvalue weighted by Crippen LogP contribution is 2.31. The lowest BCUT2D eigenvalue weighted by atomic mass is 10.3. The number of nitro groups is 1. The van der Waals surface area contributed by atoms with Crippen LogP contribution in [0.2, 0.25) is 0 Å². The van der Waals surface area contributed by atoms with Crippen LogP contribution in [-0.4, -0.2) is 26.6 Å². The summed E-state index contributed by atoms with van der Waals surface area (Å²) in [5.74, 6) is -0.411. The average Bonchev–Trinajstić information content (AvgIpc) is 2.58. The monoisotopic (exact) mass is 384 g/mol. The fourth-order valence-electron chi connectivity index (χ4n) is 2.13. The van der Waals surface area contributed by atoms with Gasteiger partial charge >= 0.3 is 5.69 Å². The van der Waals surface area contributed by atoms with Crippen LogP contribution in [0.25, 0.3) is 0 Å². The predicted octanol–water partition coefficient (Wildman–Crippen LogP) is 3.33. The van der Waals surface area contributed by atoms with E-state index in [0.29, 0.717) is 19.0 Å². The van der Waals surface area contributed by atoms with E-state index in [-0.39, 0.29) is 16.3 Å². The molecule has 2 aromatic rings. The molecule has 0 saturated carbocycles. The van der Waals surface area contributed by atoms with Crippen LogP contribution in [-0.2, 0) is 10.0 Å². The molecule has 0 heterocycles. The Morgan fingerprint density at radius 2 is 1.73 bits per heavy atom. The number of nitro benzene ring substituents is 1. The van der Waals surface area contributed by atoms with E-state index >= 15 is 0 Å². The van der Waals surface area contributed by atoms with E-state index in [4.69, 9.17) is 9.47 Å². The molecule has 26 heavy (non-hydrogen) atoms. The lowest BCUT2D eigenvalue weighted by molar-refractivity contribution is -0.387. The van der Waals surface area contributed by atoms with Gasteiger partial charge in [0.05, 0.1) is 28.7 Å². The first-order valence-electron chi connectivity index (χ1n) is 7.65. The number of halogens is 1. The third-order valence-corrected chi connectivity index (χ3v) is 4.60. The van der Waals surface area contributed by atoms with Gasteiger partial charge in [-0.1, -0.05) is 0 Å². The van der Waals surface area contributed by atoms with Gasteiger partial charge in [-0.05, 0) is 38.1 Å². The van der Waals surface area contributed by atoms with Crippen molar-refractivity contribution in [1.82, 2.24) is 0 Å². The topological polar surface area (TPSA) is 108 Å². The van der Waals surface area contributed by atoms with Crippen LogP contribution >= 0.6 is 0 Å². The van der Waals surface area contributed by atoms with Crippen molar-refractivity contribution in [3.8, 4) is 11.5 Å². The van der Waals surface area contributed by atoms with E-state index in [1.54, 1.807) is 13.8 Å². The zero-order valence-electron chi connectivity index (χ0n) is 14.1. The van der Waals surface area contributed by atoms with Gasteiger partial charge in [0.1, 0.15) is 0 Å². The van der Waals surface area contributed by atoms with Crippen molar-refractivity contribution in [2.45, 2.75) is 18.7 Å². The van der Waals surface area contributed by atoms with E-state index in [1.165, 1.54) is 18.2 Å². The maximum atomic E-state index is 13.4. The minimum Gasteiger partial charge on any atom is -0.490 e. The van der Waals surface area contributed by atoms with Gasteiger partial charge in [0, 0.05) is 12.1 Å². The van der Waals surface area contributed by atoms with Gasteiger partial charge < -0.3 is 9.47 Å². The van der Waals surface area contributed by atoms with Crippen molar-refractivity contribution >= 4 is 21.4 Å². The van der Waals surface area contributed by atoms with Crippen molar-refractivity contribution in [2.75, 3.05) is 17.9 Å². The van der Waals surface area contributed by atoms with Crippen molar-refractivity contribution in [3.63, 3.8) is 0 Å². The van der Waals surface area contributed by atoms with Crippen molar-refractivity contribution in [1.29, 1.82) is 0 Å². The molecule has 2 aromatic carbocycles. The Labute approximate surface area is 149 Å². The minimum atomic E-state index is -4.07. The number of nitrogens with one attached hydrogen (secondary N) is 1. The first-order valence-corrected chi connectivity index (χ1v) is 9.13. The SMILES string of the molecule is CCOc1ccc(S(=O)(=O)Nc2ccc(F)c([N+](=O)[O-])c2)cc1OCC. The van der Waals surface area contributed by atoms with Gasteiger partial charge in [0.15, 0.2) is 11.5 Å². The summed E-state index contributed by atoms with van der Waals surface area (Å²) in [6.07, 6.45) is 0. The Morgan fingerprint density at radius 1 is 1.08 bits per heavy atom. The van der Waals surface area contributed by atoms with Gasteiger partial charge in [-0.25, -0.2) is 8.42 Å². The quantitative estimate of drug-likeness (QED) is 0.552. The maximum Gasteiger partial charge on any atom is 0.306 e. The number of benzene rings is 2. The van der Waals surface area contributed by atoms with Crippen molar-refractivity contribution in [3.05, 3.63) is 52.3 Å². The summed E-state index contributed by atoms with van der Waals surface area (Å²) in [6.45, 7) is 4.21. The second kappa shape index (κ2) is 8.00. The molecule has 10 heteroatoms. The lowest BCUT2D eigenvalue weighted by Crippen LogP contribution is -2.13. The van der Waals surface area contributed by atoms with Crippen LogP contribution in [0.5, 0.6) is 11.5 Å². The standard InChI is InChI=1S/C16H17FN2O6S/c1-3-24-15-8-6-12(10-16(15)25-4-2)26(22,23)18-11-5-7-13(17)14(9-11)19(20)21/h5-10,18H,3-4H2,1-2H3. The van der Waals surface area contributed by atoms with Gasteiger partial charge in [0.25, 0.3) is 10.0 Å². The first kappa shape index (κ1) is 19.4. The van der Waals surface area contributed by atoms with Crippen LogP contribution in [0.1, 0.15) is 13.8 Å². The van der Waals surface area contributed by atoms with Gasteiger partial charge in [-0.2, -0.15) is 4.39 Å². The van der Waals surface area contributed by atoms with Crippen molar-refractivity contribution < 1.29 is 27.2 Å². The number of ether oxygens (including phenoxy) is 2. The van der Waals surface area contributed by atoms with Crippen LogP contribution in [0.3, 0.4) is 0 Å². The van der Waals surface area contributed by atoms with Gasteiger partial charge in [-0.15, -0.1) is 0 Å². The highest BCUT2D eigenvalue weighted by molar-refractivity contribution is 7.92. The Bertz CT molecular complexity index is 917. The molecule has 0 aromatic heterocycles. The largest absolute Gasteiger partial charge is 0.490 e. The minimum absolute atomic E-state index is 0.128. The van der Waals surface area contributed by atoms with E-state index in [9.17, 15) is 22.9 Å². The van der Waals surface area contributed by atoms with Crippen LogP contribution < -0.4 is 14.2 Å². The summed E-state index contributed by atoms with van der Waals surface area (Å²) in [4.78, 5) is 9.72. The molecule has 0 spiro atoms. The highest BCUT2D eigenvalue weighted by Gasteiger charge is 2.20. The molecular weight excluding hydrogens is 367 g/mol. The molecule has 0 unspecified atom stereocenters. The molecule has 0 saturated heterocycles. The van der Waals surface area contributed by atoms with E-state index in [0.717, 1.165) is 18.2 Å². The number of anilines is 1. The summed E-state index contributed by atoms with van der Waals surface area (Å²) >= 11 is 0. The van der Waals surface area contributed by atoms with E-state index in [2.05, 4.69) is 4.72 Å².